The molecule has 2 rings (SSSR count). The number of fused-ring (bicyclic) bond motifs is 1. The van der Waals surface area contributed by atoms with Gasteiger partial charge in [0.2, 0.25) is 0 Å². The Morgan fingerprint density at radius 2 is 2.06 bits per heavy atom. The highest BCUT2D eigenvalue weighted by Crippen LogP contribution is 2.37. The molecule has 2 fully saturated rings. The summed E-state index contributed by atoms with van der Waals surface area (Å²) < 4.78 is 42.1. The van der Waals surface area contributed by atoms with E-state index in [4.69, 9.17) is 4.74 Å². The highest BCUT2D eigenvalue weighted by molar-refractivity contribution is 8.14. The number of hydrogen-bond donors (Lipinski definition) is 3. The minimum Gasteiger partial charge on any atom is -0.388 e. The normalized spacial score (nSPS) is 42.8. The van der Waals surface area contributed by atoms with Crippen LogP contribution in [0.1, 0.15) is 6.42 Å². The summed E-state index contributed by atoms with van der Waals surface area (Å²) in [6.07, 6.45) is -10.1. The topological polar surface area (TPSA) is 74.1 Å². The molecule has 0 aliphatic carbocycles. The summed E-state index contributed by atoms with van der Waals surface area (Å²) in [5.74, 6) is 0. The molecule has 0 radical (unpaired) electrons. The molecular weight excluding hydrogens is 273 g/mol. The molecular formula is C9H13F3N2O3S. The lowest BCUT2D eigenvalue weighted by molar-refractivity contribution is -0.211. The molecule has 2 heterocycles. The Morgan fingerprint density at radius 1 is 1.39 bits per heavy atom. The van der Waals surface area contributed by atoms with E-state index in [0.717, 1.165) is 11.8 Å². The van der Waals surface area contributed by atoms with Gasteiger partial charge < -0.3 is 20.3 Å². The predicted octanol–water partition coefficient (Wildman–Crippen LogP) is 0.0763. The van der Waals surface area contributed by atoms with Gasteiger partial charge in [-0.1, -0.05) is 11.8 Å². The Balaban J connectivity index is 2.10. The Morgan fingerprint density at radius 3 is 2.61 bits per heavy atom. The third-order valence-corrected chi connectivity index (χ3v) is 4.01. The Hall–Kier alpha value is -0.510. The first-order chi connectivity index (χ1) is 8.31. The maximum Gasteiger partial charge on any atom is 0.391 e. The van der Waals surface area contributed by atoms with Crippen LogP contribution in [0.5, 0.6) is 0 Å². The lowest BCUT2D eigenvalue weighted by atomic mass is 9.96. The van der Waals surface area contributed by atoms with Crippen LogP contribution in [-0.4, -0.2) is 58.4 Å². The Bertz CT molecular complexity index is 352. The molecule has 5 atom stereocenters. The molecule has 5 unspecified atom stereocenters. The van der Waals surface area contributed by atoms with Gasteiger partial charge in [-0.25, -0.2) is 0 Å². The minimum absolute atomic E-state index is 0.476. The Labute approximate surface area is 105 Å². The zero-order valence-corrected chi connectivity index (χ0v) is 10.2. The fourth-order valence-corrected chi connectivity index (χ4v) is 3.09. The number of nitrogens with one attached hydrogen (secondary N) is 1. The average molecular weight is 286 g/mol. The summed E-state index contributed by atoms with van der Waals surface area (Å²) in [7, 11) is 1.52. The molecule has 0 bridgehead atoms. The molecule has 0 aromatic rings. The fourth-order valence-electron chi connectivity index (χ4n) is 1.99. The van der Waals surface area contributed by atoms with E-state index in [1.54, 1.807) is 0 Å². The number of nitrogens with zero attached hydrogens (tertiary/aromatic N) is 1. The maximum absolute atomic E-state index is 12.3. The van der Waals surface area contributed by atoms with E-state index >= 15 is 0 Å². The first-order valence-electron chi connectivity index (χ1n) is 5.30. The highest BCUT2D eigenvalue weighted by Gasteiger charge is 2.51. The largest absolute Gasteiger partial charge is 0.391 e. The third-order valence-electron chi connectivity index (χ3n) is 2.85. The van der Waals surface area contributed by atoms with E-state index in [-0.39, 0.29) is 0 Å². The molecule has 2 aliphatic rings. The van der Waals surface area contributed by atoms with E-state index in [2.05, 4.69) is 10.3 Å². The molecule has 0 aromatic carbocycles. The summed E-state index contributed by atoms with van der Waals surface area (Å²) in [5.41, 5.74) is -0.672. The van der Waals surface area contributed by atoms with E-state index in [9.17, 15) is 23.4 Å². The molecule has 5 nitrogen and oxygen atoms in total. The smallest absolute Gasteiger partial charge is 0.388 e. The Kier molecular flexibility index (Phi) is 3.77. The van der Waals surface area contributed by atoms with E-state index in [1.165, 1.54) is 7.05 Å². The third kappa shape index (κ3) is 2.73. The molecule has 0 amide bonds. The molecule has 104 valence electrons. The van der Waals surface area contributed by atoms with Gasteiger partial charge in [0, 0.05) is 7.05 Å². The van der Waals surface area contributed by atoms with Crippen LogP contribution in [0.2, 0.25) is 0 Å². The molecule has 18 heavy (non-hydrogen) atoms. The highest BCUT2D eigenvalue weighted by atomic mass is 32.2. The number of halogens is 3. The zero-order valence-electron chi connectivity index (χ0n) is 9.39. The second kappa shape index (κ2) is 4.87. The van der Waals surface area contributed by atoms with Crippen molar-refractivity contribution in [1.82, 2.24) is 5.32 Å². The molecule has 0 spiro atoms. The number of rotatable bonds is 1. The van der Waals surface area contributed by atoms with Crippen molar-refractivity contribution < 1.29 is 28.1 Å². The number of aliphatic hydroxyl groups is 2. The van der Waals surface area contributed by atoms with Crippen LogP contribution in [0.4, 0.5) is 13.2 Å². The van der Waals surface area contributed by atoms with Crippen LogP contribution in [0.3, 0.4) is 0 Å². The molecule has 2 aliphatic heterocycles. The quantitative estimate of drug-likeness (QED) is 0.636. The second-order valence-electron chi connectivity index (χ2n) is 4.16. The van der Waals surface area contributed by atoms with Crippen molar-refractivity contribution in [1.29, 1.82) is 0 Å². The van der Waals surface area contributed by atoms with Crippen molar-refractivity contribution in [2.24, 2.45) is 4.99 Å². The summed E-state index contributed by atoms with van der Waals surface area (Å²) in [6.45, 7) is 0. The first-order valence-corrected chi connectivity index (χ1v) is 6.18. The molecule has 2 saturated heterocycles. The monoisotopic (exact) mass is 286 g/mol. The SMILES string of the molecule is CN=C1NC2C(OC(CC(F)(F)F)C(O)C2O)S1. The lowest BCUT2D eigenvalue weighted by Gasteiger charge is -2.39. The van der Waals surface area contributed by atoms with Gasteiger partial charge in [-0.05, 0) is 0 Å². The van der Waals surface area contributed by atoms with Gasteiger partial charge >= 0.3 is 6.18 Å². The van der Waals surface area contributed by atoms with E-state index in [0.29, 0.717) is 5.17 Å². The first kappa shape index (κ1) is 13.9. The van der Waals surface area contributed by atoms with Gasteiger partial charge in [-0.3, -0.25) is 4.99 Å². The van der Waals surface area contributed by atoms with Crippen LogP contribution in [0.15, 0.2) is 4.99 Å². The molecule has 9 heteroatoms. The van der Waals surface area contributed by atoms with Crippen LogP contribution >= 0.6 is 11.8 Å². The van der Waals surface area contributed by atoms with Gasteiger partial charge in [0.1, 0.15) is 17.6 Å². The predicted molar refractivity (Wildman–Crippen MR) is 59.2 cm³/mol. The van der Waals surface area contributed by atoms with Crippen LogP contribution in [0.25, 0.3) is 0 Å². The van der Waals surface area contributed by atoms with Crippen LogP contribution < -0.4 is 5.32 Å². The van der Waals surface area contributed by atoms with Crippen molar-refractivity contribution in [3.63, 3.8) is 0 Å². The molecule has 0 aromatic heterocycles. The van der Waals surface area contributed by atoms with Crippen LogP contribution in [0, 0.1) is 0 Å². The van der Waals surface area contributed by atoms with Gasteiger partial charge in [0.05, 0.1) is 18.6 Å². The number of aliphatic imine (C=N–C) groups is 1. The number of thioether (sulfide) groups is 1. The van der Waals surface area contributed by atoms with Crippen LogP contribution in [-0.2, 0) is 4.74 Å². The number of aliphatic hydroxyl groups excluding tert-OH is 2. The van der Waals surface area contributed by atoms with Gasteiger partial charge in [-0.2, -0.15) is 13.2 Å². The zero-order chi connectivity index (χ0) is 13.5. The number of hydrogen-bond acceptors (Lipinski definition) is 5. The van der Waals surface area contributed by atoms with E-state index < -0.39 is 42.4 Å². The van der Waals surface area contributed by atoms with Crippen molar-refractivity contribution in [3.8, 4) is 0 Å². The second-order valence-corrected chi connectivity index (χ2v) is 5.25. The summed E-state index contributed by atoms with van der Waals surface area (Å²) in [4.78, 5) is 3.84. The van der Waals surface area contributed by atoms with Crippen molar-refractivity contribution >= 4 is 16.9 Å². The lowest BCUT2D eigenvalue weighted by Crippen LogP contribution is -2.59. The summed E-state index contributed by atoms with van der Waals surface area (Å²) in [5, 5.41) is 22.7. The molecule has 3 N–H and O–H groups in total. The van der Waals surface area contributed by atoms with Crippen molar-refractivity contribution in [2.45, 2.75) is 42.4 Å². The fraction of sp³-hybridized carbons (Fsp3) is 0.889. The summed E-state index contributed by atoms with van der Waals surface area (Å²) >= 11 is 1.11. The summed E-state index contributed by atoms with van der Waals surface area (Å²) in [6, 6.07) is -0.645. The van der Waals surface area contributed by atoms with E-state index in [1.807, 2.05) is 0 Å². The molecule has 0 saturated carbocycles. The minimum atomic E-state index is -4.45. The van der Waals surface area contributed by atoms with Crippen molar-refractivity contribution in [3.05, 3.63) is 0 Å². The number of ether oxygens (including phenoxy) is 1. The van der Waals surface area contributed by atoms with Gasteiger partial charge in [0.25, 0.3) is 0 Å². The number of amidine groups is 1. The average Bonchev–Trinajstić information content (AvgIpc) is 2.67. The number of alkyl halides is 3. The van der Waals surface area contributed by atoms with Gasteiger partial charge in [-0.15, -0.1) is 0 Å². The van der Waals surface area contributed by atoms with Crippen molar-refractivity contribution in [2.75, 3.05) is 7.05 Å². The maximum atomic E-state index is 12.3. The van der Waals surface area contributed by atoms with Gasteiger partial charge in [0.15, 0.2) is 5.17 Å². The standard InChI is InChI=1S/C9H13F3N2O3S/c1-13-8-14-4-6(16)5(15)3(2-9(10,11)12)17-7(4)18-8/h3-7,15-16H,2H2,1H3,(H,13,14).